The summed E-state index contributed by atoms with van der Waals surface area (Å²) < 4.78 is 17.9. The maximum Gasteiger partial charge on any atom is 0.338 e. The molecule has 166 valence electrons. The zero-order valence-corrected chi connectivity index (χ0v) is 19.5. The Morgan fingerprint density at radius 2 is 2.00 bits per heavy atom. The summed E-state index contributed by atoms with van der Waals surface area (Å²) in [6.07, 6.45) is 1.80. The van der Waals surface area contributed by atoms with Crippen LogP contribution in [0.25, 0.3) is 6.08 Å². The second-order valence-corrected chi connectivity index (χ2v) is 8.96. The minimum atomic E-state index is -0.596. The number of thiazole rings is 1. The molecule has 0 N–H and O–H groups in total. The van der Waals surface area contributed by atoms with Crippen LogP contribution < -0.4 is 19.6 Å². The Kier molecular flexibility index (Phi) is 6.69. The number of aromatic nitrogens is 1. The number of para-hydroxylation sites is 1. The highest BCUT2D eigenvalue weighted by molar-refractivity contribution is 7.10. The molecule has 0 radical (unpaired) electrons. The molecule has 0 saturated heterocycles. The summed E-state index contributed by atoms with van der Waals surface area (Å²) in [4.78, 5) is 32.5. The Morgan fingerprint density at radius 1 is 1.19 bits per heavy atom. The summed E-state index contributed by atoms with van der Waals surface area (Å²) in [5.74, 6) is 0.174. The van der Waals surface area contributed by atoms with Crippen molar-refractivity contribution in [3.8, 4) is 5.75 Å². The first-order valence-corrected chi connectivity index (χ1v) is 11.6. The first-order valence-electron chi connectivity index (χ1n) is 9.90. The third-order valence-electron chi connectivity index (χ3n) is 5.00. The number of carbonyl (C=O) groups excluding carboxylic acids is 1. The molecule has 0 amide bonds. The van der Waals surface area contributed by atoms with E-state index in [4.69, 9.17) is 14.2 Å². The molecule has 0 bridgehead atoms. The average Bonchev–Trinajstić information content (AvgIpc) is 3.42. The van der Waals surface area contributed by atoms with Gasteiger partial charge in [-0.3, -0.25) is 9.36 Å². The van der Waals surface area contributed by atoms with Gasteiger partial charge in [0.1, 0.15) is 18.4 Å². The molecule has 1 atom stereocenters. The summed E-state index contributed by atoms with van der Waals surface area (Å²) in [5, 5.41) is 1.92. The number of hydrogen-bond donors (Lipinski definition) is 0. The molecule has 1 aromatic carbocycles. The number of allylic oxidation sites excluding steroid dienone is 1. The Labute approximate surface area is 192 Å². The highest BCUT2D eigenvalue weighted by Crippen LogP contribution is 2.33. The zero-order chi connectivity index (χ0) is 22.7. The number of methoxy groups -OCH3 is 2. The number of rotatable bonds is 7. The molecule has 4 rings (SSSR count). The van der Waals surface area contributed by atoms with Crippen LogP contribution >= 0.6 is 22.7 Å². The molecule has 1 unspecified atom stereocenters. The van der Waals surface area contributed by atoms with Crippen LogP contribution in [-0.4, -0.2) is 38.0 Å². The van der Waals surface area contributed by atoms with Crippen molar-refractivity contribution >= 4 is 34.7 Å². The van der Waals surface area contributed by atoms with E-state index in [1.807, 2.05) is 41.8 Å². The van der Waals surface area contributed by atoms with E-state index in [2.05, 4.69) is 4.99 Å². The summed E-state index contributed by atoms with van der Waals surface area (Å²) in [7, 11) is 3.13. The van der Waals surface area contributed by atoms with Crippen LogP contribution in [0.1, 0.15) is 23.4 Å². The van der Waals surface area contributed by atoms with Gasteiger partial charge in [0.2, 0.25) is 0 Å². The lowest BCUT2D eigenvalue weighted by molar-refractivity contribution is -0.140. The summed E-state index contributed by atoms with van der Waals surface area (Å²) >= 11 is 2.77. The molecule has 0 saturated carbocycles. The second kappa shape index (κ2) is 9.64. The van der Waals surface area contributed by atoms with Crippen molar-refractivity contribution in [2.45, 2.75) is 13.0 Å². The number of benzene rings is 1. The molecule has 2 aromatic heterocycles. The van der Waals surface area contributed by atoms with E-state index in [-0.39, 0.29) is 12.2 Å². The second-order valence-electron chi connectivity index (χ2n) is 6.97. The van der Waals surface area contributed by atoms with E-state index in [0.29, 0.717) is 33.0 Å². The molecule has 9 heteroatoms. The number of carbonyl (C=O) groups is 1. The van der Waals surface area contributed by atoms with Crippen LogP contribution in [0.2, 0.25) is 0 Å². The fraction of sp³-hybridized carbons (Fsp3) is 0.261. The Morgan fingerprint density at radius 3 is 2.72 bits per heavy atom. The van der Waals surface area contributed by atoms with Crippen LogP contribution in [-0.2, 0) is 14.3 Å². The SMILES string of the molecule is COCCOC(=O)C1=C(C)N=c2sc(=Cc3ccccc3OC)c(=O)n2C1c1cccs1. The standard InChI is InChI=1S/C23H22N2O5S2/c1-14-19(22(27)30-11-10-28-2)20(17-9-6-12-31-17)25-21(26)18(32-23(25)24-14)13-15-7-4-5-8-16(15)29-3/h4-9,12-13,20H,10-11H2,1-3H3. The Balaban J connectivity index is 1.87. The van der Waals surface area contributed by atoms with Gasteiger partial charge in [0.15, 0.2) is 4.80 Å². The van der Waals surface area contributed by atoms with Crippen LogP contribution in [0.15, 0.2) is 62.8 Å². The van der Waals surface area contributed by atoms with E-state index in [1.54, 1.807) is 31.8 Å². The van der Waals surface area contributed by atoms with Crippen LogP contribution in [0, 0.1) is 0 Å². The highest BCUT2D eigenvalue weighted by atomic mass is 32.1. The van der Waals surface area contributed by atoms with Crippen LogP contribution in [0.5, 0.6) is 5.75 Å². The lowest BCUT2D eigenvalue weighted by Gasteiger charge is -2.23. The van der Waals surface area contributed by atoms with Gasteiger partial charge < -0.3 is 14.2 Å². The number of thiophene rings is 1. The molecular formula is C23H22N2O5S2. The largest absolute Gasteiger partial charge is 0.496 e. The fourth-order valence-electron chi connectivity index (χ4n) is 3.52. The lowest BCUT2D eigenvalue weighted by Crippen LogP contribution is -2.39. The van der Waals surface area contributed by atoms with Gasteiger partial charge in [-0.05, 0) is 30.5 Å². The molecule has 1 aliphatic rings. The van der Waals surface area contributed by atoms with Gasteiger partial charge in [-0.2, -0.15) is 0 Å². The highest BCUT2D eigenvalue weighted by Gasteiger charge is 2.34. The fourth-order valence-corrected chi connectivity index (χ4v) is 5.38. The maximum atomic E-state index is 13.5. The van der Waals surface area contributed by atoms with Gasteiger partial charge in [0, 0.05) is 17.6 Å². The molecular weight excluding hydrogens is 448 g/mol. The van der Waals surface area contributed by atoms with Gasteiger partial charge in [-0.25, -0.2) is 9.79 Å². The minimum absolute atomic E-state index is 0.126. The molecule has 0 spiro atoms. The number of esters is 1. The van der Waals surface area contributed by atoms with Gasteiger partial charge in [-0.15, -0.1) is 11.3 Å². The number of hydrogen-bond acceptors (Lipinski definition) is 8. The van der Waals surface area contributed by atoms with Crippen molar-refractivity contribution in [1.29, 1.82) is 0 Å². The van der Waals surface area contributed by atoms with Crippen molar-refractivity contribution in [1.82, 2.24) is 4.57 Å². The predicted molar refractivity (Wildman–Crippen MR) is 124 cm³/mol. The van der Waals surface area contributed by atoms with E-state index in [0.717, 1.165) is 10.4 Å². The summed E-state index contributed by atoms with van der Waals surface area (Å²) in [6, 6.07) is 10.7. The van der Waals surface area contributed by atoms with E-state index in [1.165, 1.54) is 22.7 Å². The topological polar surface area (TPSA) is 79.1 Å². The van der Waals surface area contributed by atoms with Crippen molar-refractivity contribution in [2.24, 2.45) is 4.99 Å². The van der Waals surface area contributed by atoms with Gasteiger partial charge in [0.25, 0.3) is 5.56 Å². The molecule has 1 aliphatic heterocycles. The summed E-state index contributed by atoms with van der Waals surface area (Å²) in [5.41, 5.74) is 1.48. The third-order valence-corrected chi connectivity index (χ3v) is 6.91. The Hall–Kier alpha value is -3.01. The maximum absolute atomic E-state index is 13.5. The van der Waals surface area contributed by atoms with Gasteiger partial charge in [-0.1, -0.05) is 35.6 Å². The van der Waals surface area contributed by atoms with E-state index in [9.17, 15) is 9.59 Å². The van der Waals surface area contributed by atoms with Gasteiger partial charge >= 0.3 is 5.97 Å². The van der Waals surface area contributed by atoms with Crippen molar-refractivity contribution in [3.05, 3.63) is 83.2 Å². The van der Waals surface area contributed by atoms with Crippen molar-refractivity contribution in [2.75, 3.05) is 27.4 Å². The smallest absolute Gasteiger partial charge is 0.338 e. The third kappa shape index (κ3) is 4.19. The molecule has 0 fully saturated rings. The quantitative estimate of drug-likeness (QED) is 0.392. The number of nitrogens with zero attached hydrogens (tertiary/aromatic N) is 2. The van der Waals surface area contributed by atoms with E-state index < -0.39 is 12.0 Å². The molecule has 7 nitrogen and oxygen atoms in total. The molecule has 3 heterocycles. The number of ether oxygens (including phenoxy) is 3. The Bertz CT molecular complexity index is 1340. The molecule has 32 heavy (non-hydrogen) atoms. The number of fused-ring (bicyclic) bond motifs is 1. The normalized spacial score (nSPS) is 16.0. The predicted octanol–water partition coefficient (Wildman–Crippen LogP) is 2.49. The first-order chi connectivity index (χ1) is 15.5. The summed E-state index contributed by atoms with van der Waals surface area (Å²) in [6.45, 7) is 2.19. The molecule has 0 aliphatic carbocycles. The van der Waals surface area contributed by atoms with Crippen molar-refractivity contribution < 1.29 is 19.0 Å². The van der Waals surface area contributed by atoms with Gasteiger partial charge in [0.05, 0.1) is 29.5 Å². The van der Waals surface area contributed by atoms with Crippen LogP contribution in [0.3, 0.4) is 0 Å². The zero-order valence-electron chi connectivity index (χ0n) is 17.9. The van der Waals surface area contributed by atoms with Crippen molar-refractivity contribution in [3.63, 3.8) is 0 Å². The lowest BCUT2D eigenvalue weighted by atomic mass is 10.0. The molecule has 3 aromatic rings. The minimum Gasteiger partial charge on any atom is -0.496 e. The monoisotopic (exact) mass is 470 g/mol. The van der Waals surface area contributed by atoms with E-state index >= 15 is 0 Å². The first kappa shape index (κ1) is 22.2. The average molecular weight is 471 g/mol. The van der Waals surface area contributed by atoms with Crippen LogP contribution in [0.4, 0.5) is 0 Å².